The van der Waals surface area contributed by atoms with Gasteiger partial charge >= 0.3 is 0 Å². The van der Waals surface area contributed by atoms with Crippen molar-refractivity contribution < 1.29 is 0 Å². The summed E-state index contributed by atoms with van der Waals surface area (Å²) >= 11 is 5.93. The first-order valence-electron chi connectivity index (χ1n) is 5.34. The summed E-state index contributed by atoms with van der Waals surface area (Å²) in [6.07, 6.45) is 3.57. The zero-order chi connectivity index (χ0) is 11.7. The first kappa shape index (κ1) is 10.3. The third-order valence-corrected chi connectivity index (χ3v) is 2.88. The van der Waals surface area contributed by atoms with Crippen LogP contribution in [-0.2, 0) is 6.54 Å². The van der Waals surface area contributed by atoms with Crippen molar-refractivity contribution in [3.05, 3.63) is 59.5 Å². The number of pyridine rings is 1. The topological polar surface area (TPSA) is 30.7 Å². The average Bonchev–Trinajstić information content (AvgIpc) is 2.73. The first-order chi connectivity index (χ1) is 8.33. The number of para-hydroxylation sites is 1. The van der Waals surface area contributed by atoms with Crippen molar-refractivity contribution in [3.63, 3.8) is 0 Å². The van der Waals surface area contributed by atoms with Crippen molar-refractivity contribution in [2.45, 2.75) is 6.54 Å². The molecule has 0 aliphatic carbocycles. The fourth-order valence-electron chi connectivity index (χ4n) is 1.84. The molecule has 0 N–H and O–H groups in total. The Morgan fingerprint density at radius 2 is 2.06 bits per heavy atom. The molecule has 3 aromatic rings. The molecule has 17 heavy (non-hydrogen) atoms. The molecule has 0 spiro atoms. The fourth-order valence-corrected chi connectivity index (χ4v) is 2.02. The highest BCUT2D eigenvalue weighted by atomic mass is 35.5. The lowest BCUT2D eigenvalue weighted by Crippen LogP contribution is -2.02. The standard InChI is InChI=1S/C13H10ClN3/c14-11-5-6-15-12(7-11)9-17-13-4-2-1-3-10(13)8-16-17/h1-8H,9H2. The number of hydrogen-bond donors (Lipinski definition) is 0. The van der Waals surface area contributed by atoms with Gasteiger partial charge in [-0.3, -0.25) is 9.67 Å². The van der Waals surface area contributed by atoms with Gasteiger partial charge in [0.15, 0.2) is 0 Å². The van der Waals surface area contributed by atoms with Gasteiger partial charge in [0.05, 0.1) is 24.0 Å². The van der Waals surface area contributed by atoms with E-state index in [1.165, 1.54) is 0 Å². The molecule has 0 atom stereocenters. The van der Waals surface area contributed by atoms with Crippen molar-refractivity contribution in [2.24, 2.45) is 0 Å². The van der Waals surface area contributed by atoms with Gasteiger partial charge in [-0.05, 0) is 18.2 Å². The molecule has 1 aromatic carbocycles. The van der Waals surface area contributed by atoms with Crippen LogP contribution in [0, 0.1) is 0 Å². The lowest BCUT2D eigenvalue weighted by molar-refractivity contribution is 0.696. The second-order valence-corrected chi connectivity index (χ2v) is 4.26. The van der Waals surface area contributed by atoms with E-state index < -0.39 is 0 Å². The number of hydrogen-bond acceptors (Lipinski definition) is 2. The number of rotatable bonds is 2. The van der Waals surface area contributed by atoms with Gasteiger partial charge in [0.25, 0.3) is 0 Å². The Morgan fingerprint density at radius 1 is 1.18 bits per heavy atom. The molecule has 2 heterocycles. The van der Waals surface area contributed by atoms with E-state index in [0.717, 1.165) is 16.6 Å². The lowest BCUT2D eigenvalue weighted by Gasteiger charge is -2.03. The van der Waals surface area contributed by atoms with Gasteiger partial charge < -0.3 is 0 Å². The quantitative estimate of drug-likeness (QED) is 0.692. The molecule has 84 valence electrons. The van der Waals surface area contributed by atoms with Gasteiger partial charge in [-0.15, -0.1) is 0 Å². The Morgan fingerprint density at radius 3 is 2.94 bits per heavy atom. The molecule has 0 saturated carbocycles. The van der Waals surface area contributed by atoms with Crippen LogP contribution in [-0.4, -0.2) is 14.8 Å². The number of aromatic nitrogens is 3. The molecular formula is C13H10ClN3. The number of nitrogens with zero attached hydrogens (tertiary/aromatic N) is 3. The highest BCUT2D eigenvalue weighted by Crippen LogP contribution is 2.15. The van der Waals surface area contributed by atoms with Crippen molar-refractivity contribution >= 4 is 22.5 Å². The molecule has 0 radical (unpaired) electrons. The predicted molar refractivity (Wildman–Crippen MR) is 68.1 cm³/mol. The molecule has 0 saturated heterocycles. The SMILES string of the molecule is Clc1ccnc(Cn2ncc3ccccc32)c1. The van der Waals surface area contributed by atoms with Crippen LogP contribution in [0.3, 0.4) is 0 Å². The molecule has 4 heteroatoms. The van der Waals surface area contributed by atoms with E-state index in [-0.39, 0.29) is 0 Å². The molecule has 0 bridgehead atoms. The molecule has 0 unspecified atom stereocenters. The maximum absolute atomic E-state index is 5.93. The van der Waals surface area contributed by atoms with Crippen LogP contribution in [0.2, 0.25) is 5.02 Å². The second kappa shape index (κ2) is 4.18. The zero-order valence-corrected chi connectivity index (χ0v) is 9.80. The van der Waals surface area contributed by atoms with Crippen LogP contribution < -0.4 is 0 Å². The third-order valence-electron chi connectivity index (χ3n) is 2.64. The summed E-state index contributed by atoms with van der Waals surface area (Å²) in [6, 6.07) is 11.7. The molecule has 0 aliphatic heterocycles. The molecule has 3 nitrogen and oxygen atoms in total. The third kappa shape index (κ3) is 2.01. The predicted octanol–water partition coefficient (Wildman–Crippen LogP) is 3.13. The van der Waals surface area contributed by atoms with Gasteiger partial charge in [0, 0.05) is 16.6 Å². The van der Waals surface area contributed by atoms with E-state index in [0.29, 0.717) is 11.6 Å². The average molecular weight is 244 g/mol. The summed E-state index contributed by atoms with van der Waals surface area (Å²) < 4.78 is 1.92. The Balaban J connectivity index is 2.00. The van der Waals surface area contributed by atoms with E-state index in [9.17, 15) is 0 Å². The molecule has 0 amide bonds. The summed E-state index contributed by atoms with van der Waals surface area (Å²) in [7, 11) is 0. The molecule has 0 aliphatic rings. The molecule has 0 fully saturated rings. The highest BCUT2D eigenvalue weighted by molar-refractivity contribution is 6.30. The van der Waals surface area contributed by atoms with Crippen LogP contribution in [0.25, 0.3) is 10.9 Å². The molecule has 3 rings (SSSR count). The molecular weight excluding hydrogens is 234 g/mol. The normalized spacial score (nSPS) is 10.9. The van der Waals surface area contributed by atoms with E-state index in [1.807, 2.05) is 41.2 Å². The fraction of sp³-hybridized carbons (Fsp3) is 0.0769. The highest BCUT2D eigenvalue weighted by Gasteiger charge is 2.03. The van der Waals surface area contributed by atoms with Crippen molar-refractivity contribution in [2.75, 3.05) is 0 Å². The van der Waals surface area contributed by atoms with Gasteiger partial charge in [0.2, 0.25) is 0 Å². The van der Waals surface area contributed by atoms with Gasteiger partial charge in [-0.2, -0.15) is 5.10 Å². The summed E-state index contributed by atoms with van der Waals surface area (Å²) in [4.78, 5) is 4.28. The summed E-state index contributed by atoms with van der Waals surface area (Å²) in [5.74, 6) is 0. The Hall–Kier alpha value is -1.87. The summed E-state index contributed by atoms with van der Waals surface area (Å²) in [6.45, 7) is 0.633. The summed E-state index contributed by atoms with van der Waals surface area (Å²) in [5, 5.41) is 6.19. The monoisotopic (exact) mass is 243 g/mol. The number of halogens is 1. The van der Waals surface area contributed by atoms with Crippen LogP contribution in [0.5, 0.6) is 0 Å². The van der Waals surface area contributed by atoms with E-state index >= 15 is 0 Å². The van der Waals surface area contributed by atoms with Crippen LogP contribution in [0.1, 0.15) is 5.69 Å². The van der Waals surface area contributed by atoms with Gasteiger partial charge in [-0.1, -0.05) is 29.8 Å². The second-order valence-electron chi connectivity index (χ2n) is 3.83. The number of fused-ring (bicyclic) bond motifs is 1. The van der Waals surface area contributed by atoms with Gasteiger partial charge in [0.1, 0.15) is 0 Å². The Labute approximate surface area is 104 Å². The molecule has 2 aromatic heterocycles. The van der Waals surface area contributed by atoms with Crippen molar-refractivity contribution in [1.82, 2.24) is 14.8 Å². The van der Waals surface area contributed by atoms with Crippen molar-refractivity contribution in [1.29, 1.82) is 0 Å². The van der Waals surface area contributed by atoms with Gasteiger partial charge in [-0.25, -0.2) is 0 Å². The largest absolute Gasteiger partial charge is 0.259 e. The Bertz CT molecular complexity index is 660. The van der Waals surface area contributed by atoms with E-state index in [2.05, 4.69) is 10.1 Å². The minimum Gasteiger partial charge on any atom is -0.259 e. The minimum absolute atomic E-state index is 0.633. The Kier molecular flexibility index (Phi) is 2.53. The summed E-state index contributed by atoms with van der Waals surface area (Å²) in [5.41, 5.74) is 2.01. The van der Waals surface area contributed by atoms with Crippen molar-refractivity contribution in [3.8, 4) is 0 Å². The van der Waals surface area contributed by atoms with Crippen LogP contribution in [0.4, 0.5) is 0 Å². The number of benzene rings is 1. The minimum atomic E-state index is 0.633. The zero-order valence-electron chi connectivity index (χ0n) is 9.05. The van der Waals surface area contributed by atoms with Crippen LogP contribution >= 0.6 is 11.6 Å². The lowest BCUT2D eigenvalue weighted by atomic mass is 10.2. The first-order valence-corrected chi connectivity index (χ1v) is 5.72. The van der Waals surface area contributed by atoms with E-state index in [1.54, 1.807) is 12.3 Å². The maximum Gasteiger partial charge on any atom is 0.0839 e. The maximum atomic E-state index is 5.93. The van der Waals surface area contributed by atoms with Crippen LogP contribution in [0.15, 0.2) is 48.8 Å². The smallest absolute Gasteiger partial charge is 0.0839 e. The van der Waals surface area contributed by atoms with E-state index in [4.69, 9.17) is 11.6 Å².